The van der Waals surface area contributed by atoms with Crippen LogP contribution in [-0.2, 0) is 9.59 Å². The highest BCUT2D eigenvalue weighted by Gasteiger charge is 2.74. The van der Waals surface area contributed by atoms with Crippen molar-refractivity contribution >= 4 is 39.1 Å². The van der Waals surface area contributed by atoms with Gasteiger partial charge in [-0.15, -0.1) is 11.6 Å². The van der Waals surface area contributed by atoms with E-state index in [4.69, 9.17) is 11.6 Å². The van der Waals surface area contributed by atoms with E-state index in [-0.39, 0.29) is 35.2 Å². The summed E-state index contributed by atoms with van der Waals surface area (Å²) < 4.78 is -0.638. The van der Waals surface area contributed by atoms with Crippen molar-refractivity contribution in [2.45, 2.75) is 62.5 Å². The molecule has 4 aliphatic rings. The van der Waals surface area contributed by atoms with Crippen LogP contribution < -0.4 is 0 Å². The van der Waals surface area contributed by atoms with E-state index in [9.17, 15) is 19.8 Å². The summed E-state index contributed by atoms with van der Waals surface area (Å²) in [5.74, 6) is -0.643. The maximum Gasteiger partial charge on any atom is 0.179 e. The Labute approximate surface area is 179 Å². The number of alkyl halides is 2. The zero-order valence-electron chi connectivity index (χ0n) is 16.5. The van der Waals surface area contributed by atoms with Crippen molar-refractivity contribution in [3.05, 3.63) is 23.8 Å². The molecule has 4 aliphatic carbocycles. The fourth-order valence-electron chi connectivity index (χ4n) is 7.24. The van der Waals surface area contributed by atoms with Crippen molar-refractivity contribution in [2.24, 2.45) is 28.6 Å². The molecule has 0 heterocycles. The fraction of sp³-hybridized carbons (Fsp3) is 0.727. The molecule has 0 bridgehead atoms. The normalized spacial score (nSPS) is 52.5. The van der Waals surface area contributed by atoms with Crippen LogP contribution >= 0.6 is 27.5 Å². The van der Waals surface area contributed by atoms with Gasteiger partial charge in [-0.2, -0.15) is 0 Å². The topological polar surface area (TPSA) is 74.6 Å². The molecule has 0 aromatic heterocycles. The van der Waals surface area contributed by atoms with E-state index in [1.165, 1.54) is 0 Å². The van der Waals surface area contributed by atoms with Gasteiger partial charge < -0.3 is 10.2 Å². The van der Waals surface area contributed by atoms with Crippen molar-refractivity contribution in [3.8, 4) is 0 Å². The van der Waals surface area contributed by atoms with E-state index in [0.29, 0.717) is 6.42 Å². The van der Waals surface area contributed by atoms with Crippen LogP contribution in [-0.4, -0.2) is 43.7 Å². The van der Waals surface area contributed by atoms with Gasteiger partial charge in [-0.25, -0.2) is 0 Å². The molecule has 4 nitrogen and oxygen atoms in total. The van der Waals surface area contributed by atoms with Gasteiger partial charge in [0.05, 0.1) is 16.3 Å². The van der Waals surface area contributed by atoms with E-state index < -0.39 is 26.9 Å². The SMILES string of the molecule is C[C@@H]1C[C@H]2C3CCC4=CC(=O)C=C[C@]4(C)[C@@]3(Br)[C@@H](O)C[C@]2(C)[C@@]1(O)C(=O)CCl. The molecule has 28 heavy (non-hydrogen) atoms. The maximum absolute atomic E-state index is 12.7. The molecule has 154 valence electrons. The lowest BCUT2D eigenvalue weighted by Crippen LogP contribution is -2.68. The number of hydrogen-bond donors (Lipinski definition) is 2. The summed E-state index contributed by atoms with van der Waals surface area (Å²) >= 11 is 9.86. The Kier molecular flexibility index (Phi) is 4.64. The third-order valence-electron chi connectivity index (χ3n) is 8.77. The number of aliphatic hydroxyl groups excluding tert-OH is 1. The average molecular weight is 472 g/mol. The van der Waals surface area contributed by atoms with E-state index in [1.54, 1.807) is 12.2 Å². The number of aliphatic hydroxyl groups is 2. The highest BCUT2D eigenvalue weighted by molar-refractivity contribution is 9.10. The van der Waals surface area contributed by atoms with Gasteiger partial charge in [0, 0.05) is 10.8 Å². The molecule has 4 rings (SSSR count). The number of halogens is 2. The highest BCUT2D eigenvalue weighted by Crippen LogP contribution is 2.71. The van der Waals surface area contributed by atoms with Crippen LogP contribution in [0, 0.1) is 28.6 Å². The van der Waals surface area contributed by atoms with Crippen LogP contribution in [0.5, 0.6) is 0 Å². The summed E-state index contributed by atoms with van der Waals surface area (Å²) in [5, 5.41) is 23.0. The third-order valence-corrected chi connectivity index (χ3v) is 11.0. The zero-order chi connectivity index (χ0) is 20.7. The van der Waals surface area contributed by atoms with Gasteiger partial charge in [0.25, 0.3) is 0 Å². The van der Waals surface area contributed by atoms with Crippen molar-refractivity contribution in [2.75, 3.05) is 5.88 Å². The van der Waals surface area contributed by atoms with Crippen LogP contribution in [0.3, 0.4) is 0 Å². The number of carbonyl (C=O) groups is 2. The summed E-state index contributed by atoms with van der Waals surface area (Å²) in [6.45, 7) is 5.96. The molecule has 0 radical (unpaired) electrons. The van der Waals surface area contributed by atoms with Crippen molar-refractivity contribution in [1.29, 1.82) is 0 Å². The van der Waals surface area contributed by atoms with Crippen molar-refractivity contribution < 1.29 is 19.8 Å². The Morgan fingerprint density at radius 2 is 2.04 bits per heavy atom. The lowest BCUT2D eigenvalue weighted by molar-refractivity contribution is -0.173. The average Bonchev–Trinajstić information content (AvgIpc) is 2.84. The molecular weight excluding hydrogens is 444 g/mol. The lowest BCUT2D eigenvalue weighted by Gasteiger charge is -2.64. The Morgan fingerprint density at radius 1 is 1.36 bits per heavy atom. The van der Waals surface area contributed by atoms with E-state index in [0.717, 1.165) is 24.8 Å². The number of Topliss-reactive ketones (excluding diaryl/α,β-unsaturated/α-hetero) is 1. The van der Waals surface area contributed by atoms with Crippen LogP contribution in [0.4, 0.5) is 0 Å². The van der Waals surface area contributed by atoms with Gasteiger partial charge in [0.1, 0.15) is 5.60 Å². The molecule has 0 aromatic carbocycles. The number of ketones is 2. The molecule has 0 saturated heterocycles. The van der Waals surface area contributed by atoms with Crippen molar-refractivity contribution in [1.82, 2.24) is 0 Å². The molecule has 2 N–H and O–H groups in total. The van der Waals surface area contributed by atoms with Crippen LogP contribution in [0.2, 0.25) is 0 Å². The second-order valence-electron chi connectivity index (χ2n) is 9.72. The lowest BCUT2D eigenvalue weighted by atomic mass is 9.46. The van der Waals surface area contributed by atoms with Crippen molar-refractivity contribution in [3.63, 3.8) is 0 Å². The first kappa shape index (κ1) is 20.8. The predicted molar refractivity (Wildman–Crippen MR) is 111 cm³/mol. The Bertz CT molecular complexity index is 808. The van der Waals surface area contributed by atoms with Gasteiger partial charge >= 0.3 is 0 Å². The second-order valence-corrected chi connectivity index (χ2v) is 11.3. The minimum absolute atomic E-state index is 0.00580. The summed E-state index contributed by atoms with van der Waals surface area (Å²) in [5.41, 5.74) is -1.69. The monoisotopic (exact) mass is 470 g/mol. The van der Waals surface area contributed by atoms with Crippen LogP contribution in [0.1, 0.15) is 46.5 Å². The smallest absolute Gasteiger partial charge is 0.179 e. The Hall–Kier alpha value is -0.490. The number of allylic oxidation sites excluding steroid dienone is 4. The molecule has 0 amide bonds. The summed E-state index contributed by atoms with van der Waals surface area (Å²) in [7, 11) is 0. The second kappa shape index (κ2) is 6.26. The van der Waals surface area contributed by atoms with E-state index >= 15 is 0 Å². The molecule has 0 aliphatic heterocycles. The Balaban J connectivity index is 1.84. The molecule has 6 heteroatoms. The summed E-state index contributed by atoms with van der Waals surface area (Å²) in [6.07, 6.45) is 7.09. The molecule has 1 unspecified atom stereocenters. The number of hydrogen-bond acceptors (Lipinski definition) is 4. The van der Waals surface area contributed by atoms with E-state index in [1.807, 2.05) is 19.9 Å². The highest BCUT2D eigenvalue weighted by atomic mass is 79.9. The minimum atomic E-state index is -1.52. The zero-order valence-corrected chi connectivity index (χ0v) is 18.9. The predicted octanol–water partition coefficient (Wildman–Crippen LogP) is 3.57. The molecular formula is C22H28BrClO4. The first-order chi connectivity index (χ1) is 13.0. The first-order valence-electron chi connectivity index (χ1n) is 10.1. The van der Waals surface area contributed by atoms with Gasteiger partial charge in [-0.05, 0) is 55.6 Å². The quantitative estimate of drug-likeness (QED) is 0.604. The summed E-state index contributed by atoms with van der Waals surface area (Å²) in [4.78, 5) is 24.7. The fourth-order valence-corrected chi connectivity index (χ4v) is 8.54. The minimum Gasteiger partial charge on any atom is -0.392 e. The maximum atomic E-state index is 12.7. The van der Waals surface area contributed by atoms with Gasteiger partial charge in [-0.3, -0.25) is 9.59 Å². The Morgan fingerprint density at radius 3 is 2.68 bits per heavy atom. The first-order valence-corrected chi connectivity index (χ1v) is 11.4. The van der Waals surface area contributed by atoms with Crippen LogP contribution in [0.15, 0.2) is 23.8 Å². The summed E-state index contributed by atoms with van der Waals surface area (Å²) in [6, 6.07) is 0. The number of carbonyl (C=O) groups excluding carboxylic acids is 2. The standard InChI is InChI=1S/C22H28BrClO4/c1-12-8-16-15-5-4-13-9-14(25)6-7-19(13,2)21(15,23)17(26)10-20(16,3)22(12,28)18(27)11-24/h6-7,9,12,15-17,26,28H,4-5,8,10-11H2,1-3H3/t12-,15?,16+,17+,19+,20+,21+,22+/m1/s1. The largest absolute Gasteiger partial charge is 0.392 e. The molecule has 0 spiro atoms. The third kappa shape index (κ3) is 2.20. The molecule has 3 fully saturated rings. The van der Waals surface area contributed by atoms with Gasteiger partial charge in [0.2, 0.25) is 0 Å². The molecule has 3 saturated carbocycles. The number of fused-ring (bicyclic) bond motifs is 5. The van der Waals surface area contributed by atoms with Crippen LogP contribution in [0.25, 0.3) is 0 Å². The molecule has 0 aromatic rings. The van der Waals surface area contributed by atoms with Gasteiger partial charge in [-0.1, -0.05) is 48.4 Å². The van der Waals surface area contributed by atoms with E-state index in [2.05, 4.69) is 22.9 Å². The number of rotatable bonds is 2. The molecule has 8 atom stereocenters. The van der Waals surface area contributed by atoms with Gasteiger partial charge in [0.15, 0.2) is 11.6 Å².